The molecule has 1 unspecified atom stereocenters. The van der Waals surface area contributed by atoms with E-state index in [1.807, 2.05) is 12.1 Å². The third kappa shape index (κ3) is 4.19. The predicted octanol–water partition coefficient (Wildman–Crippen LogP) is 5.52. The smallest absolute Gasteiger partial charge is 0.126 e. The van der Waals surface area contributed by atoms with Crippen LogP contribution >= 0.6 is 0 Å². The Balaban J connectivity index is 1.70. The Bertz CT molecular complexity index is 947. The van der Waals surface area contributed by atoms with Gasteiger partial charge in [0, 0.05) is 29.9 Å². The third-order valence-corrected chi connectivity index (χ3v) is 5.73. The van der Waals surface area contributed by atoms with Crippen LogP contribution in [0.15, 0.2) is 72.8 Å². The SMILES string of the molecule is COc1ccc2c(c1)OC[C@H](c1ccccc1)C2c1ccc(CCCC=O)cc1. The number of rotatable bonds is 7. The summed E-state index contributed by atoms with van der Waals surface area (Å²) in [7, 11) is 1.68. The number of methoxy groups -OCH3 is 1. The number of hydrogen-bond donors (Lipinski definition) is 0. The number of ether oxygens (including phenoxy) is 2. The molecule has 0 aromatic heterocycles. The molecule has 0 fully saturated rings. The van der Waals surface area contributed by atoms with E-state index < -0.39 is 0 Å². The van der Waals surface area contributed by atoms with Gasteiger partial charge in [-0.2, -0.15) is 0 Å². The number of unbranched alkanes of at least 4 members (excludes halogenated alkanes) is 1. The molecular weight excluding hydrogens is 360 g/mol. The fraction of sp³-hybridized carbons (Fsp3) is 0.269. The van der Waals surface area contributed by atoms with Crippen LogP contribution in [0.4, 0.5) is 0 Å². The van der Waals surface area contributed by atoms with Gasteiger partial charge in [0.05, 0.1) is 13.7 Å². The van der Waals surface area contributed by atoms with Crippen molar-refractivity contribution in [3.8, 4) is 11.5 Å². The number of carbonyl (C=O) groups excluding carboxylic acids is 1. The molecule has 3 nitrogen and oxygen atoms in total. The number of carbonyl (C=O) groups is 1. The Hall–Kier alpha value is -3.07. The molecule has 3 aromatic carbocycles. The normalized spacial score (nSPS) is 17.8. The first kappa shape index (κ1) is 19.3. The van der Waals surface area contributed by atoms with Gasteiger partial charge in [-0.3, -0.25) is 0 Å². The number of fused-ring (bicyclic) bond motifs is 1. The van der Waals surface area contributed by atoms with E-state index in [9.17, 15) is 4.79 Å². The topological polar surface area (TPSA) is 35.5 Å². The molecular formula is C26H26O3. The standard InChI is InChI=1S/C26H26O3/c1-28-22-14-15-23-25(17-22)29-18-24(20-8-3-2-4-9-20)26(23)21-12-10-19(11-13-21)7-5-6-16-27/h2-4,8-17,24,26H,5-7,18H2,1H3/t24-,26?/m1/s1. The molecule has 29 heavy (non-hydrogen) atoms. The molecule has 1 heterocycles. The molecule has 3 heteroatoms. The Morgan fingerprint density at radius 3 is 2.52 bits per heavy atom. The second kappa shape index (κ2) is 8.95. The van der Waals surface area contributed by atoms with Crippen LogP contribution in [-0.2, 0) is 11.2 Å². The van der Waals surface area contributed by atoms with Crippen molar-refractivity contribution in [3.63, 3.8) is 0 Å². The summed E-state index contributed by atoms with van der Waals surface area (Å²) in [6.45, 7) is 0.635. The zero-order chi connectivity index (χ0) is 20.1. The van der Waals surface area contributed by atoms with Crippen LogP contribution in [0.2, 0.25) is 0 Å². The van der Waals surface area contributed by atoms with E-state index >= 15 is 0 Å². The summed E-state index contributed by atoms with van der Waals surface area (Å²) in [4.78, 5) is 10.6. The van der Waals surface area contributed by atoms with Crippen LogP contribution in [0.5, 0.6) is 11.5 Å². The van der Waals surface area contributed by atoms with E-state index in [0.717, 1.165) is 30.6 Å². The second-order valence-electron chi connectivity index (χ2n) is 7.51. The predicted molar refractivity (Wildman–Crippen MR) is 115 cm³/mol. The van der Waals surface area contributed by atoms with Crippen LogP contribution in [0.25, 0.3) is 0 Å². The number of hydrogen-bond acceptors (Lipinski definition) is 3. The molecule has 0 amide bonds. The van der Waals surface area contributed by atoms with Crippen LogP contribution in [-0.4, -0.2) is 20.0 Å². The Morgan fingerprint density at radius 2 is 1.79 bits per heavy atom. The summed E-state index contributed by atoms with van der Waals surface area (Å²) in [5.74, 6) is 2.18. The van der Waals surface area contributed by atoms with Crippen molar-refractivity contribution < 1.29 is 14.3 Å². The lowest BCUT2D eigenvalue weighted by Crippen LogP contribution is -2.25. The highest BCUT2D eigenvalue weighted by Gasteiger charge is 2.33. The van der Waals surface area contributed by atoms with Crippen molar-refractivity contribution in [2.24, 2.45) is 0 Å². The van der Waals surface area contributed by atoms with Crippen molar-refractivity contribution in [3.05, 3.63) is 95.1 Å². The zero-order valence-corrected chi connectivity index (χ0v) is 16.7. The van der Waals surface area contributed by atoms with Crippen LogP contribution in [0.3, 0.4) is 0 Å². The minimum atomic E-state index is 0.219. The quantitative estimate of drug-likeness (QED) is 0.396. The van der Waals surface area contributed by atoms with Gasteiger partial charge in [0.2, 0.25) is 0 Å². The summed E-state index contributed by atoms with van der Waals surface area (Å²) in [5.41, 5.74) is 5.04. The van der Waals surface area contributed by atoms with Gasteiger partial charge in [-0.1, -0.05) is 60.7 Å². The highest BCUT2D eigenvalue weighted by atomic mass is 16.5. The van der Waals surface area contributed by atoms with Gasteiger partial charge in [-0.15, -0.1) is 0 Å². The first-order chi connectivity index (χ1) is 14.3. The maximum Gasteiger partial charge on any atom is 0.126 e. The van der Waals surface area contributed by atoms with Gasteiger partial charge >= 0.3 is 0 Å². The van der Waals surface area contributed by atoms with Gasteiger partial charge in [-0.25, -0.2) is 0 Å². The largest absolute Gasteiger partial charge is 0.497 e. The Morgan fingerprint density at radius 1 is 1.00 bits per heavy atom. The highest BCUT2D eigenvalue weighted by molar-refractivity contribution is 5.51. The van der Waals surface area contributed by atoms with Crippen LogP contribution in [0, 0.1) is 0 Å². The van der Waals surface area contributed by atoms with Gasteiger partial charge in [-0.05, 0) is 35.6 Å². The number of aldehydes is 1. The molecule has 0 N–H and O–H groups in total. The zero-order valence-electron chi connectivity index (χ0n) is 16.7. The van der Waals surface area contributed by atoms with Gasteiger partial charge < -0.3 is 14.3 Å². The molecule has 3 aromatic rings. The van der Waals surface area contributed by atoms with Crippen molar-refractivity contribution in [1.82, 2.24) is 0 Å². The average molecular weight is 386 g/mol. The maximum atomic E-state index is 10.6. The number of aryl methyl sites for hydroxylation is 1. The highest BCUT2D eigenvalue weighted by Crippen LogP contribution is 2.46. The van der Waals surface area contributed by atoms with Gasteiger partial charge in [0.1, 0.15) is 17.8 Å². The van der Waals surface area contributed by atoms with Crippen molar-refractivity contribution >= 4 is 6.29 Å². The molecule has 0 saturated heterocycles. The lowest BCUT2D eigenvalue weighted by Gasteiger charge is -2.34. The fourth-order valence-electron chi connectivity index (χ4n) is 4.20. The lowest BCUT2D eigenvalue weighted by atomic mass is 9.75. The first-order valence-corrected chi connectivity index (χ1v) is 10.2. The van der Waals surface area contributed by atoms with E-state index in [4.69, 9.17) is 9.47 Å². The Labute approximate surface area is 172 Å². The van der Waals surface area contributed by atoms with E-state index in [1.54, 1.807) is 7.11 Å². The minimum Gasteiger partial charge on any atom is -0.497 e. The molecule has 148 valence electrons. The maximum absolute atomic E-state index is 10.6. The van der Waals surface area contributed by atoms with Gasteiger partial charge in [0.15, 0.2) is 0 Å². The molecule has 4 rings (SSSR count). The second-order valence-corrected chi connectivity index (χ2v) is 7.51. The molecule has 1 aliphatic heterocycles. The minimum absolute atomic E-state index is 0.219. The number of benzene rings is 3. The monoisotopic (exact) mass is 386 g/mol. The summed E-state index contributed by atoms with van der Waals surface area (Å²) in [5, 5.41) is 0. The molecule has 2 atom stereocenters. The fourth-order valence-corrected chi connectivity index (χ4v) is 4.20. The summed E-state index contributed by atoms with van der Waals surface area (Å²) < 4.78 is 11.6. The van der Waals surface area contributed by atoms with E-state index in [1.165, 1.54) is 22.3 Å². The lowest BCUT2D eigenvalue weighted by molar-refractivity contribution is -0.107. The first-order valence-electron chi connectivity index (χ1n) is 10.2. The third-order valence-electron chi connectivity index (χ3n) is 5.73. The Kier molecular flexibility index (Phi) is 5.95. The van der Waals surface area contributed by atoms with Crippen molar-refractivity contribution in [2.45, 2.75) is 31.1 Å². The summed E-state index contributed by atoms with van der Waals surface area (Å²) in [6, 6.07) is 25.6. The molecule has 1 aliphatic rings. The van der Waals surface area contributed by atoms with E-state index in [2.05, 4.69) is 60.7 Å². The molecule has 0 saturated carbocycles. The molecule has 0 aliphatic carbocycles. The van der Waals surface area contributed by atoms with Crippen molar-refractivity contribution in [1.29, 1.82) is 0 Å². The summed E-state index contributed by atoms with van der Waals surface area (Å²) >= 11 is 0. The summed E-state index contributed by atoms with van der Waals surface area (Å²) in [6.07, 6.45) is 3.44. The van der Waals surface area contributed by atoms with E-state index in [-0.39, 0.29) is 11.8 Å². The van der Waals surface area contributed by atoms with Crippen LogP contribution < -0.4 is 9.47 Å². The molecule has 0 radical (unpaired) electrons. The van der Waals surface area contributed by atoms with Crippen LogP contribution in [0.1, 0.15) is 46.9 Å². The average Bonchev–Trinajstić information content (AvgIpc) is 2.79. The van der Waals surface area contributed by atoms with E-state index in [0.29, 0.717) is 13.0 Å². The van der Waals surface area contributed by atoms with Crippen molar-refractivity contribution in [2.75, 3.05) is 13.7 Å². The molecule has 0 bridgehead atoms. The van der Waals surface area contributed by atoms with Gasteiger partial charge in [0.25, 0.3) is 0 Å². The molecule has 0 spiro atoms.